The van der Waals surface area contributed by atoms with Gasteiger partial charge in [0.05, 0.1) is 18.4 Å². The van der Waals surface area contributed by atoms with Crippen molar-refractivity contribution in [2.75, 3.05) is 0 Å². The molecule has 0 fully saturated rings. The minimum Gasteiger partial charge on any atom is -0.334 e. The molecule has 4 aromatic rings. The number of imidazole rings is 2. The number of aromatic amines is 1. The summed E-state index contributed by atoms with van der Waals surface area (Å²) in [5.41, 5.74) is 4.75. The highest BCUT2D eigenvalue weighted by atomic mass is 35.5. The van der Waals surface area contributed by atoms with E-state index in [0.29, 0.717) is 6.54 Å². The first kappa shape index (κ1) is 15.0. The number of H-pyrrole nitrogens is 1. The molecular weight excluding hydrogens is 324 g/mol. The summed E-state index contributed by atoms with van der Waals surface area (Å²) >= 11 is 6.08. The number of nitrogens with one attached hydrogen (secondary N) is 1. The van der Waals surface area contributed by atoms with E-state index < -0.39 is 0 Å². The first-order chi connectivity index (χ1) is 11.5. The van der Waals surface area contributed by atoms with E-state index in [4.69, 9.17) is 16.6 Å². The summed E-state index contributed by atoms with van der Waals surface area (Å²) in [6, 6.07) is 7.79. The number of hydrogen-bond acceptors (Lipinski definition) is 3. The van der Waals surface area contributed by atoms with Crippen LogP contribution in [-0.4, -0.2) is 29.3 Å². The second-order valence-electron chi connectivity index (χ2n) is 5.91. The van der Waals surface area contributed by atoms with Crippen molar-refractivity contribution < 1.29 is 0 Å². The van der Waals surface area contributed by atoms with Crippen molar-refractivity contribution >= 4 is 22.8 Å². The molecule has 3 aromatic heterocycles. The van der Waals surface area contributed by atoms with Gasteiger partial charge in [0.25, 0.3) is 0 Å². The minimum absolute atomic E-state index is 0.625. The van der Waals surface area contributed by atoms with Crippen molar-refractivity contribution in [2.45, 2.75) is 20.4 Å². The molecule has 0 aliphatic heterocycles. The highest BCUT2D eigenvalue weighted by Crippen LogP contribution is 2.23. The molecule has 4 rings (SSSR count). The smallest absolute Gasteiger partial charge is 0.177 e. The molecule has 0 saturated carbocycles. The van der Waals surface area contributed by atoms with Crippen LogP contribution in [0.2, 0.25) is 5.02 Å². The van der Waals surface area contributed by atoms with Crippen LogP contribution in [0.15, 0.2) is 30.5 Å². The Morgan fingerprint density at radius 1 is 1.25 bits per heavy atom. The Balaban J connectivity index is 1.79. The molecule has 0 radical (unpaired) electrons. The number of hydrogen-bond donors (Lipinski definition) is 1. The maximum absolute atomic E-state index is 6.08. The maximum Gasteiger partial charge on any atom is 0.177 e. The lowest BCUT2D eigenvalue weighted by Crippen LogP contribution is -2.03. The number of fused-ring (bicyclic) bond motifs is 1. The third-order valence-corrected chi connectivity index (χ3v) is 4.48. The quantitative estimate of drug-likeness (QED) is 0.621. The van der Waals surface area contributed by atoms with E-state index in [-0.39, 0.29) is 0 Å². The summed E-state index contributed by atoms with van der Waals surface area (Å²) in [4.78, 5) is 12.5. The molecular formula is C17H17ClN6. The summed E-state index contributed by atoms with van der Waals surface area (Å²) in [5, 5.41) is 5.32. The summed E-state index contributed by atoms with van der Waals surface area (Å²) in [6.07, 6.45) is 1.83. The van der Waals surface area contributed by atoms with Crippen LogP contribution >= 0.6 is 11.6 Å². The van der Waals surface area contributed by atoms with Crippen molar-refractivity contribution in [3.8, 4) is 11.5 Å². The van der Waals surface area contributed by atoms with E-state index in [1.54, 1.807) is 0 Å². The third kappa shape index (κ3) is 2.39. The molecule has 3 heterocycles. The van der Waals surface area contributed by atoms with Gasteiger partial charge >= 0.3 is 0 Å². The molecule has 24 heavy (non-hydrogen) atoms. The topological polar surface area (TPSA) is 64.3 Å². The van der Waals surface area contributed by atoms with E-state index in [0.717, 1.165) is 44.8 Å². The summed E-state index contributed by atoms with van der Waals surface area (Å²) < 4.78 is 3.92. The zero-order valence-corrected chi connectivity index (χ0v) is 14.5. The van der Waals surface area contributed by atoms with Crippen LogP contribution in [0.5, 0.6) is 0 Å². The number of aromatic nitrogens is 6. The van der Waals surface area contributed by atoms with Gasteiger partial charge in [-0.1, -0.05) is 23.7 Å². The Morgan fingerprint density at radius 2 is 2.08 bits per heavy atom. The van der Waals surface area contributed by atoms with Crippen molar-refractivity contribution in [1.82, 2.24) is 29.3 Å². The molecule has 0 amide bonds. The standard InChI is InChI=1S/C17H17ClN6/c1-10-15-17(21-16(20-15)14-8-19-11(2)23(14)3)24(22-10)9-12-5-4-6-13(18)7-12/h4-8H,9H2,1-3H3,(H,20,21). The van der Waals surface area contributed by atoms with E-state index in [9.17, 15) is 0 Å². The van der Waals surface area contributed by atoms with Crippen LogP contribution in [0.1, 0.15) is 17.1 Å². The molecule has 0 unspecified atom stereocenters. The van der Waals surface area contributed by atoms with Crippen LogP contribution in [0.25, 0.3) is 22.7 Å². The van der Waals surface area contributed by atoms with Gasteiger partial charge in [0.1, 0.15) is 17.0 Å². The Bertz CT molecular complexity index is 1040. The van der Waals surface area contributed by atoms with Crippen molar-refractivity contribution in [1.29, 1.82) is 0 Å². The number of benzene rings is 1. The molecule has 0 aliphatic carbocycles. The fraction of sp³-hybridized carbons (Fsp3) is 0.235. The zero-order chi connectivity index (χ0) is 16.8. The van der Waals surface area contributed by atoms with Gasteiger partial charge in [0.2, 0.25) is 0 Å². The van der Waals surface area contributed by atoms with Crippen molar-refractivity contribution in [3.63, 3.8) is 0 Å². The molecule has 0 spiro atoms. The van der Waals surface area contributed by atoms with Crippen molar-refractivity contribution in [2.24, 2.45) is 7.05 Å². The number of rotatable bonds is 3. The second-order valence-corrected chi connectivity index (χ2v) is 6.34. The Hall–Kier alpha value is -2.60. The van der Waals surface area contributed by atoms with Crippen LogP contribution in [0, 0.1) is 13.8 Å². The summed E-state index contributed by atoms with van der Waals surface area (Å²) in [5.74, 6) is 1.75. The lowest BCUT2D eigenvalue weighted by Gasteiger charge is -2.03. The number of halogens is 1. The van der Waals surface area contributed by atoms with Gasteiger partial charge in [-0.15, -0.1) is 0 Å². The molecule has 6 nitrogen and oxygen atoms in total. The van der Waals surface area contributed by atoms with Gasteiger partial charge in [-0.25, -0.2) is 14.6 Å². The molecule has 122 valence electrons. The largest absolute Gasteiger partial charge is 0.334 e. The maximum atomic E-state index is 6.08. The predicted molar refractivity (Wildman–Crippen MR) is 94.1 cm³/mol. The molecule has 0 saturated heterocycles. The fourth-order valence-electron chi connectivity index (χ4n) is 2.84. The minimum atomic E-state index is 0.625. The lowest BCUT2D eigenvalue weighted by molar-refractivity contribution is 0.696. The first-order valence-corrected chi connectivity index (χ1v) is 8.07. The number of aryl methyl sites for hydroxylation is 2. The molecule has 1 N–H and O–H groups in total. The van der Waals surface area contributed by atoms with E-state index in [1.165, 1.54) is 0 Å². The van der Waals surface area contributed by atoms with Crippen molar-refractivity contribution in [3.05, 3.63) is 52.6 Å². The van der Waals surface area contributed by atoms with Crippen LogP contribution in [0.3, 0.4) is 0 Å². The van der Waals surface area contributed by atoms with Gasteiger partial charge in [-0.2, -0.15) is 5.10 Å². The van der Waals surface area contributed by atoms with Gasteiger partial charge in [-0.05, 0) is 31.5 Å². The second kappa shape index (κ2) is 5.49. The van der Waals surface area contributed by atoms with Gasteiger partial charge < -0.3 is 9.55 Å². The van der Waals surface area contributed by atoms with Crippen LogP contribution in [-0.2, 0) is 13.6 Å². The molecule has 0 bridgehead atoms. The monoisotopic (exact) mass is 340 g/mol. The summed E-state index contributed by atoms with van der Waals surface area (Å²) in [7, 11) is 1.98. The fourth-order valence-corrected chi connectivity index (χ4v) is 3.06. The SMILES string of the molecule is Cc1nn(Cc2cccc(Cl)c2)c2nc(-c3cnc(C)n3C)[nH]c12. The summed E-state index contributed by atoms with van der Waals surface area (Å²) in [6.45, 7) is 4.57. The average molecular weight is 341 g/mol. The molecule has 7 heteroatoms. The van der Waals surface area contributed by atoms with E-state index in [1.807, 2.05) is 60.6 Å². The Morgan fingerprint density at radius 3 is 2.79 bits per heavy atom. The highest BCUT2D eigenvalue weighted by molar-refractivity contribution is 6.30. The Kier molecular flexibility index (Phi) is 3.42. The van der Waals surface area contributed by atoms with Gasteiger partial charge in [0, 0.05) is 12.1 Å². The van der Waals surface area contributed by atoms with Crippen LogP contribution in [0.4, 0.5) is 0 Å². The lowest BCUT2D eigenvalue weighted by atomic mass is 10.2. The predicted octanol–water partition coefficient (Wildman–Crippen LogP) is 3.48. The van der Waals surface area contributed by atoms with Gasteiger partial charge in [-0.3, -0.25) is 0 Å². The number of nitrogens with zero attached hydrogens (tertiary/aromatic N) is 5. The zero-order valence-electron chi connectivity index (χ0n) is 13.7. The highest BCUT2D eigenvalue weighted by Gasteiger charge is 2.16. The normalized spacial score (nSPS) is 11.5. The molecule has 0 atom stereocenters. The average Bonchev–Trinajstić information content (AvgIpc) is 3.18. The van der Waals surface area contributed by atoms with E-state index >= 15 is 0 Å². The Labute approximate surface area is 144 Å². The third-order valence-electron chi connectivity index (χ3n) is 4.25. The van der Waals surface area contributed by atoms with Crippen LogP contribution < -0.4 is 0 Å². The van der Waals surface area contributed by atoms with E-state index in [2.05, 4.69) is 15.1 Å². The van der Waals surface area contributed by atoms with Gasteiger partial charge in [0.15, 0.2) is 11.5 Å². The molecule has 0 aliphatic rings. The first-order valence-electron chi connectivity index (χ1n) is 7.69. The molecule has 1 aromatic carbocycles.